The summed E-state index contributed by atoms with van der Waals surface area (Å²) < 4.78 is 1.77. The van der Waals surface area contributed by atoms with Crippen molar-refractivity contribution in [3.63, 3.8) is 0 Å². The van der Waals surface area contributed by atoms with Crippen molar-refractivity contribution in [1.82, 2.24) is 19.9 Å². The normalized spacial score (nSPS) is 11.9. The topological polar surface area (TPSA) is 80.0 Å². The number of nitrogens with zero attached hydrogens (tertiary/aromatic N) is 3. The van der Waals surface area contributed by atoms with Crippen LogP contribution in [0.15, 0.2) is 67.4 Å². The van der Waals surface area contributed by atoms with Crippen LogP contribution < -0.4 is 5.32 Å². The number of nitrogens with one attached hydrogen (secondary N) is 1. The summed E-state index contributed by atoms with van der Waals surface area (Å²) >= 11 is 0. The van der Waals surface area contributed by atoms with Gasteiger partial charge >= 0.3 is 0 Å². The van der Waals surface area contributed by atoms with Gasteiger partial charge in [-0.1, -0.05) is 30.3 Å². The Morgan fingerprint density at radius 3 is 2.68 bits per heavy atom. The number of rotatable bonds is 7. The van der Waals surface area contributed by atoms with Gasteiger partial charge in [0.25, 0.3) is 5.91 Å². The number of aliphatic hydroxyl groups is 1. The van der Waals surface area contributed by atoms with Crippen LogP contribution in [-0.4, -0.2) is 38.7 Å². The Kier molecular flexibility index (Phi) is 5.53. The highest BCUT2D eigenvalue weighted by Crippen LogP contribution is 2.09. The van der Waals surface area contributed by atoms with E-state index in [0.29, 0.717) is 17.9 Å². The smallest absolute Gasteiger partial charge is 0.252 e. The first-order valence-electron chi connectivity index (χ1n) is 8.13. The van der Waals surface area contributed by atoms with Crippen LogP contribution in [0.1, 0.15) is 15.9 Å². The molecule has 0 aliphatic carbocycles. The number of carbonyl (C=O) groups is 1. The summed E-state index contributed by atoms with van der Waals surface area (Å²) in [5.74, 6) is 0.479. The van der Waals surface area contributed by atoms with Crippen molar-refractivity contribution in [3.05, 3.63) is 78.5 Å². The van der Waals surface area contributed by atoms with Crippen LogP contribution in [0.25, 0.3) is 5.82 Å². The van der Waals surface area contributed by atoms with Crippen molar-refractivity contribution in [1.29, 1.82) is 0 Å². The monoisotopic (exact) mass is 336 g/mol. The number of pyridine rings is 1. The molecule has 6 heteroatoms. The van der Waals surface area contributed by atoms with Crippen LogP contribution in [0.5, 0.6) is 0 Å². The summed E-state index contributed by atoms with van der Waals surface area (Å²) in [6.07, 6.45) is 7.37. The summed E-state index contributed by atoms with van der Waals surface area (Å²) in [6, 6.07) is 13.4. The fraction of sp³-hybridized carbons (Fsp3) is 0.211. The highest BCUT2D eigenvalue weighted by atomic mass is 16.3. The van der Waals surface area contributed by atoms with E-state index < -0.39 is 0 Å². The molecule has 2 N–H and O–H groups in total. The number of amides is 1. The van der Waals surface area contributed by atoms with E-state index in [2.05, 4.69) is 15.3 Å². The van der Waals surface area contributed by atoms with Gasteiger partial charge in [-0.05, 0) is 24.1 Å². The third-order valence-corrected chi connectivity index (χ3v) is 3.96. The summed E-state index contributed by atoms with van der Waals surface area (Å²) in [5, 5.41) is 12.4. The van der Waals surface area contributed by atoms with Crippen LogP contribution in [0.3, 0.4) is 0 Å². The van der Waals surface area contributed by atoms with Gasteiger partial charge < -0.3 is 10.4 Å². The van der Waals surface area contributed by atoms with Gasteiger partial charge in [0.2, 0.25) is 0 Å². The number of hydrogen-bond acceptors (Lipinski definition) is 4. The van der Waals surface area contributed by atoms with Gasteiger partial charge in [0, 0.05) is 37.7 Å². The van der Waals surface area contributed by atoms with E-state index in [0.717, 1.165) is 12.0 Å². The van der Waals surface area contributed by atoms with Crippen molar-refractivity contribution in [3.8, 4) is 5.82 Å². The quantitative estimate of drug-likeness (QED) is 0.690. The van der Waals surface area contributed by atoms with Gasteiger partial charge in [0.1, 0.15) is 12.1 Å². The molecule has 0 fully saturated rings. The molecule has 1 amide bonds. The average molecular weight is 336 g/mol. The van der Waals surface area contributed by atoms with Crippen molar-refractivity contribution in [2.75, 3.05) is 13.2 Å². The number of aromatic nitrogens is 3. The second kappa shape index (κ2) is 8.21. The highest BCUT2D eigenvalue weighted by molar-refractivity contribution is 5.93. The standard InChI is InChI=1S/C19H20N4O2/c24-13-16(10-15-4-2-1-3-5-15)11-22-19(25)17-6-7-18(21-12-17)23-9-8-20-14-23/h1-9,12,14,16,24H,10-11,13H2,(H,22,25). The van der Waals surface area contributed by atoms with E-state index >= 15 is 0 Å². The van der Waals surface area contributed by atoms with Gasteiger partial charge in [-0.3, -0.25) is 9.36 Å². The van der Waals surface area contributed by atoms with Gasteiger partial charge in [-0.15, -0.1) is 0 Å². The molecule has 3 rings (SSSR count). The molecule has 0 bridgehead atoms. The first-order chi connectivity index (χ1) is 12.3. The lowest BCUT2D eigenvalue weighted by Gasteiger charge is -2.15. The first-order valence-corrected chi connectivity index (χ1v) is 8.13. The summed E-state index contributed by atoms with van der Waals surface area (Å²) in [5.41, 5.74) is 1.63. The number of aliphatic hydroxyl groups excluding tert-OH is 1. The maximum absolute atomic E-state index is 12.3. The Labute approximate surface area is 146 Å². The molecule has 1 aromatic carbocycles. The number of carbonyl (C=O) groups excluding carboxylic acids is 1. The van der Waals surface area contributed by atoms with Crippen molar-refractivity contribution < 1.29 is 9.90 Å². The molecule has 6 nitrogen and oxygen atoms in total. The molecule has 1 atom stereocenters. The van der Waals surface area contributed by atoms with E-state index in [1.54, 1.807) is 35.4 Å². The minimum absolute atomic E-state index is 0.0208. The third-order valence-electron chi connectivity index (χ3n) is 3.96. The summed E-state index contributed by atoms with van der Waals surface area (Å²) in [6.45, 7) is 0.431. The maximum Gasteiger partial charge on any atom is 0.252 e. The molecule has 0 saturated carbocycles. The fourth-order valence-electron chi connectivity index (χ4n) is 2.56. The summed E-state index contributed by atoms with van der Waals surface area (Å²) in [7, 11) is 0. The Hall–Kier alpha value is -2.99. The molecule has 1 unspecified atom stereocenters. The molecule has 0 spiro atoms. The van der Waals surface area contributed by atoms with Crippen molar-refractivity contribution in [2.45, 2.75) is 6.42 Å². The Balaban J connectivity index is 1.56. The lowest BCUT2D eigenvalue weighted by Crippen LogP contribution is -2.32. The van der Waals surface area contributed by atoms with E-state index in [4.69, 9.17) is 0 Å². The van der Waals surface area contributed by atoms with Gasteiger partial charge in [-0.25, -0.2) is 9.97 Å². The van der Waals surface area contributed by atoms with Crippen molar-refractivity contribution >= 4 is 5.91 Å². The van der Waals surface area contributed by atoms with Gasteiger partial charge in [0.05, 0.1) is 5.56 Å². The zero-order valence-corrected chi connectivity index (χ0v) is 13.7. The lowest BCUT2D eigenvalue weighted by atomic mass is 10.00. The van der Waals surface area contributed by atoms with Gasteiger partial charge in [-0.2, -0.15) is 0 Å². The Bertz CT molecular complexity index is 786. The first kappa shape index (κ1) is 16.9. The SMILES string of the molecule is O=C(NCC(CO)Cc1ccccc1)c1ccc(-n2ccnc2)nc1. The van der Waals surface area contributed by atoms with Crippen LogP contribution in [0.2, 0.25) is 0 Å². The lowest BCUT2D eigenvalue weighted by molar-refractivity contribution is 0.0939. The molecule has 25 heavy (non-hydrogen) atoms. The Morgan fingerprint density at radius 1 is 1.20 bits per heavy atom. The van der Waals surface area contributed by atoms with Crippen molar-refractivity contribution in [2.24, 2.45) is 5.92 Å². The second-order valence-electron chi connectivity index (χ2n) is 5.82. The molecule has 0 aliphatic heterocycles. The van der Waals surface area contributed by atoms with Crippen LogP contribution in [-0.2, 0) is 6.42 Å². The Morgan fingerprint density at radius 2 is 2.04 bits per heavy atom. The number of hydrogen-bond donors (Lipinski definition) is 2. The number of imidazole rings is 1. The molecular formula is C19H20N4O2. The van der Waals surface area contributed by atoms with E-state index in [9.17, 15) is 9.90 Å². The molecule has 0 saturated heterocycles. The third kappa shape index (κ3) is 4.51. The highest BCUT2D eigenvalue weighted by Gasteiger charge is 2.12. The molecular weight excluding hydrogens is 316 g/mol. The molecule has 2 aromatic heterocycles. The fourth-order valence-corrected chi connectivity index (χ4v) is 2.56. The van der Waals surface area contributed by atoms with Gasteiger partial charge in [0.15, 0.2) is 0 Å². The summed E-state index contributed by atoms with van der Waals surface area (Å²) in [4.78, 5) is 20.5. The second-order valence-corrected chi connectivity index (χ2v) is 5.82. The van der Waals surface area contributed by atoms with E-state index in [1.807, 2.05) is 30.3 Å². The predicted molar refractivity (Wildman–Crippen MR) is 94.4 cm³/mol. The zero-order chi connectivity index (χ0) is 17.5. The van der Waals surface area contributed by atoms with Crippen LogP contribution in [0, 0.1) is 5.92 Å². The predicted octanol–water partition coefficient (Wildman–Crippen LogP) is 1.85. The van der Waals surface area contributed by atoms with E-state index in [1.165, 1.54) is 6.20 Å². The van der Waals surface area contributed by atoms with Crippen LogP contribution >= 0.6 is 0 Å². The molecule has 0 aliphatic rings. The maximum atomic E-state index is 12.3. The molecule has 128 valence electrons. The largest absolute Gasteiger partial charge is 0.396 e. The minimum atomic E-state index is -0.198. The molecule has 3 aromatic rings. The molecule has 0 radical (unpaired) electrons. The van der Waals surface area contributed by atoms with E-state index in [-0.39, 0.29) is 18.4 Å². The molecule has 2 heterocycles. The number of benzene rings is 1. The average Bonchev–Trinajstić information content (AvgIpc) is 3.20. The zero-order valence-electron chi connectivity index (χ0n) is 13.7. The van der Waals surface area contributed by atoms with Crippen LogP contribution in [0.4, 0.5) is 0 Å². The minimum Gasteiger partial charge on any atom is -0.396 e.